The van der Waals surface area contributed by atoms with Gasteiger partial charge in [0, 0.05) is 5.69 Å². The van der Waals surface area contributed by atoms with E-state index in [1.54, 1.807) is 6.92 Å². The molecule has 0 spiro atoms. The minimum absolute atomic E-state index is 0.251. The molecule has 0 aliphatic carbocycles. The van der Waals surface area contributed by atoms with Crippen LogP contribution in [0.1, 0.15) is 32.9 Å². The van der Waals surface area contributed by atoms with Crippen LogP contribution in [0, 0.1) is 32.4 Å². The number of aromatic nitrogens is 1. The van der Waals surface area contributed by atoms with Crippen LogP contribution in [0.3, 0.4) is 0 Å². The maximum Gasteiger partial charge on any atom is 0.212 e. The molecule has 0 aliphatic rings. The number of H-pyrrole nitrogens is 1. The minimum atomic E-state index is -1.10. The van der Waals surface area contributed by atoms with Crippen molar-refractivity contribution in [3.05, 3.63) is 57.9 Å². The van der Waals surface area contributed by atoms with Gasteiger partial charge in [0.05, 0.1) is 11.3 Å². The predicted octanol–water partition coefficient (Wildman–Crippen LogP) is 3.45. The topological polar surface area (TPSA) is 32.9 Å². The van der Waals surface area contributed by atoms with Gasteiger partial charge in [-0.25, -0.2) is 8.78 Å². The number of rotatable bonds is 2. The normalized spacial score (nSPS) is 10.7. The van der Waals surface area contributed by atoms with Crippen molar-refractivity contribution in [3.63, 3.8) is 0 Å². The van der Waals surface area contributed by atoms with E-state index in [0.717, 1.165) is 22.9 Å². The Bertz CT molecular complexity index is 629. The third-order valence-corrected chi connectivity index (χ3v) is 3.24. The monoisotopic (exact) mass is 249 g/mol. The van der Waals surface area contributed by atoms with E-state index in [1.165, 1.54) is 12.1 Å². The number of ketones is 1. The zero-order valence-electron chi connectivity index (χ0n) is 10.4. The van der Waals surface area contributed by atoms with E-state index in [9.17, 15) is 13.6 Å². The van der Waals surface area contributed by atoms with E-state index in [0.29, 0.717) is 5.69 Å². The molecule has 2 aromatic rings. The summed E-state index contributed by atoms with van der Waals surface area (Å²) in [6, 6.07) is 3.60. The molecule has 0 saturated heterocycles. The van der Waals surface area contributed by atoms with Crippen molar-refractivity contribution in [1.82, 2.24) is 4.98 Å². The SMILES string of the molecule is Cc1[nH]c(C(=O)c2cccc(F)c2F)c(C)c1C. The first-order chi connectivity index (χ1) is 8.43. The molecule has 2 rings (SSSR count). The van der Waals surface area contributed by atoms with Gasteiger partial charge in [-0.2, -0.15) is 0 Å². The molecule has 0 atom stereocenters. The highest BCUT2D eigenvalue weighted by molar-refractivity contribution is 6.09. The number of halogens is 2. The molecule has 0 saturated carbocycles. The number of carbonyl (C=O) groups excluding carboxylic acids is 1. The predicted molar refractivity (Wildman–Crippen MR) is 64.8 cm³/mol. The first-order valence-electron chi connectivity index (χ1n) is 5.58. The largest absolute Gasteiger partial charge is 0.356 e. The Morgan fingerprint density at radius 1 is 1.11 bits per heavy atom. The van der Waals surface area contributed by atoms with E-state index in [1.807, 2.05) is 13.8 Å². The highest BCUT2D eigenvalue weighted by Gasteiger charge is 2.21. The van der Waals surface area contributed by atoms with Crippen molar-refractivity contribution in [2.45, 2.75) is 20.8 Å². The van der Waals surface area contributed by atoms with Crippen LogP contribution in [0.2, 0.25) is 0 Å². The summed E-state index contributed by atoms with van der Waals surface area (Å²) in [4.78, 5) is 15.1. The van der Waals surface area contributed by atoms with Crippen LogP contribution in [0.5, 0.6) is 0 Å². The Balaban J connectivity index is 2.55. The highest BCUT2D eigenvalue weighted by Crippen LogP contribution is 2.21. The first-order valence-corrected chi connectivity index (χ1v) is 5.58. The van der Waals surface area contributed by atoms with Gasteiger partial charge in [0.2, 0.25) is 5.78 Å². The maximum atomic E-state index is 13.6. The quantitative estimate of drug-likeness (QED) is 0.812. The molecule has 0 bridgehead atoms. The Morgan fingerprint density at radius 3 is 2.33 bits per heavy atom. The van der Waals surface area contributed by atoms with Gasteiger partial charge in [-0.15, -0.1) is 0 Å². The van der Waals surface area contributed by atoms with E-state index in [4.69, 9.17) is 0 Å². The Kier molecular flexibility index (Phi) is 3.03. The zero-order valence-corrected chi connectivity index (χ0v) is 10.4. The Labute approximate surface area is 104 Å². The summed E-state index contributed by atoms with van der Waals surface area (Å²) in [5.74, 6) is -2.65. The van der Waals surface area contributed by atoms with Crippen molar-refractivity contribution in [3.8, 4) is 0 Å². The molecule has 4 heteroatoms. The molecule has 0 unspecified atom stereocenters. The van der Waals surface area contributed by atoms with Gasteiger partial charge in [0.1, 0.15) is 0 Å². The van der Waals surface area contributed by atoms with Crippen LogP contribution >= 0.6 is 0 Å². The third-order valence-electron chi connectivity index (χ3n) is 3.24. The Hall–Kier alpha value is -1.97. The third kappa shape index (κ3) is 1.83. The lowest BCUT2D eigenvalue weighted by molar-refractivity contribution is 0.102. The molecular formula is C14H13F2NO. The second-order valence-electron chi connectivity index (χ2n) is 4.31. The van der Waals surface area contributed by atoms with E-state index >= 15 is 0 Å². The fraction of sp³-hybridized carbons (Fsp3) is 0.214. The summed E-state index contributed by atoms with van der Waals surface area (Å²) in [6.45, 7) is 5.49. The van der Waals surface area contributed by atoms with Gasteiger partial charge in [0.25, 0.3) is 0 Å². The molecule has 1 heterocycles. The smallest absolute Gasteiger partial charge is 0.212 e. The van der Waals surface area contributed by atoms with E-state index in [-0.39, 0.29) is 5.56 Å². The fourth-order valence-corrected chi connectivity index (χ4v) is 1.88. The van der Waals surface area contributed by atoms with Gasteiger partial charge in [-0.1, -0.05) is 6.07 Å². The first kappa shape index (κ1) is 12.5. The van der Waals surface area contributed by atoms with Gasteiger partial charge >= 0.3 is 0 Å². The summed E-state index contributed by atoms with van der Waals surface area (Å²) in [5.41, 5.74) is 2.64. The lowest BCUT2D eigenvalue weighted by Gasteiger charge is -2.03. The van der Waals surface area contributed by atoms with Crippen molar-refractivity contribution < 1.29 is 13.6 Å². The van der Waals surface area contributed by atoms with Crippen molar-refractivity contribution >= 4 is 5.78 Å². The van der Waals surface area contributed by atoms with Crippen LogP contribution in [0.25, 0.3) is 0 Å². The molecule has 18 heavy (non-hydrogen) atoms. The number of carbonyl (C=O) groups is 1. The average molecular weight is 249 g/mol. The standard InChI is InChI=1S/C14H13F2NO/c1-7-8(2)13(17-9(7)3)14(18)10-5-4-6-11(15)12(10)16/h4-6,17H,1-3H3. The Morgan fingerprint density at radius 2 is 1.78 bits per heavy atom. The fourth-order valence-electron chi connectivity index (χ4n) is 1.88. The number of nitrogens with one attached hydrogen (secondary N) is 1. The summed E-state index contributed by atoms with van der Waals surface area (Å²) in [6.07, 6.45) is 0. The summed E-state index contributed by atoms with van der Waals surface area (Å²) >= 11 is 0. The van der Waals surface area contributed by atoms with E-state index in [2.05, 4.69) is 4.98 Å². The molecule has 0 amide bonds. The average Bonchev–Trinajstić information content (AvgIpc) is 2.60. The molecule has 0 aliphatic heterocycles. The van der Waals surface area contributed by atoms with Gasteiger partial charge in [-0.05, 0) is 44.0 Å². The van der Waals surface area contributed by atoms with Crippen LogP contribution < -0.4 is 0 Å². The van der Waals surface area contributed by atoms with Gasteiger partial charge in [0.15, 0.2) is 11.6 Å². The minimum Gasteiger partial charge on any atom is -0.356 e. The number of aryl methyl sites for hydroxylation is 1. The molecule has 1 aromatic carbocycles. The second-order valence-corrected chi connectivity index (χ2v) is 4.31. The van der Waals surface area contributed by atoms with Gasteiger partial charge < -0.3 is 4.98 Å². The maximum absolute atomic E-state index is 13.6. The number of hydrogen-bond acceptors (Lipinski definition) is 1. The second kappa shape index (κ2) is 4.37. The lowest BCUT2D eigenvalue weighted by Crippen LogP contribution is -2.07. The van der Waals surface area contributed by atoms with E-state index < -0.39 is 17.4 Å². The molecule has 1 N–H and O–H groups in total. The van der Waals surface area contributed by atoms with Crippen molar-refractivity contribution in [2.75, 3.05) is 0 Å². The number of hydrogen-bond donors (Lipinski definition) is 1. The van der Waals surface area contributed by atoms with Gasteiger partial charge in [-0.3, -0.25) is 4.79 Å². The lowest BCUT2D eigenvalue weighted by atomic mass is 10.0. The molecule has 94 valence electrons. The molecular weight excluding hydrogens is 236 g/mol. The van der Waals surface area contributed by atoms with Crippen LogP contribution in [0.4, 0.5) is 8.78 Å². The summed E-state index contributed by atoms with van der Waals surface area (Å²) in [5, 5.41) is 0. The molecule has 2 nitrogen and oxygen atoms in total. The molecule has 0 radical (unpaired) electrons. The molecule has 1 aromatic heterocycles. The summed E-state index contributed by atoms with van der Waals surface area (Å²) < 4.78 is 26.7. The zero-order chi connectivity index (χ0) is 13.4. The van der Waals surface area contributed by atoms with Crippen LogP contribution in [-0.4, -0.2) is 10.8 Å². The van der Waals surface area contributed by atoms with Crippen molar-refractivity contribution in [1.29, 1.82) is 0 Å². The number of aromatic amines is 1. The summed E-state index contributed by atoms with van der Waals surface area (Å²) in [7, 11) is 0. The molecule has 0 fully saturated rings. The van der Waals surface area contributed by atoms with Crippen LogP contribution in [-0.2, 0) is 0 Å². The highest BCUT2D eigenvalue weighted by atomic mass is 19.2. The number of benzene rings is 1. The van der Waals surface area contributed by atoms with Crippen molar-refractivity contribution in [2.24, 2.45) is 0 Å². The van der Waals surface area contributed by atoms with Crippen LogP contribution in [0.15, 0.2) is 18.2 Å².